The number of fused-ring (bicyclic) bond motifs is 1. The standard InChI is InChI=1S/C13H10ClN5/c14-12-10(15)13(18-7-17-12)19-9-5-1-3-8-4-2-6-16-11(8)9/h1-7H,15H2,(H,17,18,19). The molecule has 6 heteroatoms. The van der Waals surface area contributed by atoms with E-state index < -0.39 is 0 Å². The minimum atomic E-state index is 0.227. The summed E-state index contributed by atoms with van der Waals surface area (Å²) in [7, 11) is 0. The number of nitrogens with two attached hydrogens (primary N) is 1. The molecule has 0 atom stereocenters. The smallest absolute Gasteiger partial charge is 0.158 e. The van der Waals surface area contributed by atoms with E-state index in [0.717, 1.165) is 16.6 Å². The molecular weight excluding hydrogens is 262 g/mol. The Morgan fingerprint density at radius 1 is 1.05 bits per heavy atom. The van der Waals surface area contributed by atoms with E-state index in [4.69, 9.17) is 17.3 Å². The largest absolute Gasteiger partial charge is 0.393 e. The number of rotatable bonds is 2. The molecule has 2 aromatic heterocycles. The summed E-state index contributed by atoms with van der Waals surface area (Å²) in [5, 5.41) is 4.39. The molecule has 0 saturated heterocycles. The lowest BCUT2D eigenvalue weighted by molar-refractivity contribution is 1.17. The van der Waals surface area contributed by atoms with Crippen molar-refractivity contribution in [3.05, 3.63) is 48.0 Å². The number of nitrogens with one attached hydrogen (secondary N) is 1. The number of benzene rings is 1. The average Bonchev–Trinajstić information content (AvgIpc) is 2.44. The molecule has 0 bridgehead atoms. The number of aromatic nitrogens is 3. The highest BCUT2D eigenvalue weighted by Gasteiger charge is 2.08. The number of halogens is 1. The molecule has 0 spiro atoms. The maximum Gasteiger partial charge on any atom is 0.158 e. The van der Waals surface area contributed by atoms with Gasteiger partial charge in [-0.1, -0.05) is 29.8 Å². The van der Waals surface area contributed by atoms with Gasteiger partial charge in [0.15, 0.2) is 11.0 Å². The lowest BCUT2D eigenvalue weighted by atomic mass is 10.2. The predicted molar refractivity (Wildman–Crippen MR) is 76.5 cm³/mol. The molecule has 0 unspecified atom stereocenters. The second-order valence-electron chi connectivity index (χ2n) is 3.93. The van der Waals surface area contributed by atoms with Gasteiger partial charge in [-0.05, 0) is 12.1 Å². The van der Waals surface area contributed by atoms with Crippen LogP contribution in [-0.2, 0) is 0 Å². The third-order valence-corrected chi connectivity index (χ3v) is 3.02. The molecule has 0 radical (unpaired) electrons. The zero-order chi connectivity index (χ0) is 13.2. The first-order valence-electron chi connectivity index (χ1n) is 5.62. The van der Waals surface area contributed by atoms with E-state index in [-0.39, 0.29) is 5.15 Å². The Kier molecular flexibility index (Phi) is 2.89. The minimum absolute atomic E-state index is 0.227. The number of anilines is 3. The first kappa shape index (κ1) is 11.7. The van der Waals surface area contributed by atoms with Crippen LogP contribution in [0.5, 0.6) is 0 Å². The summed E-state index contributed by atoms with van der Waals surface area (Å²) in [6, 6.07) is 9.71. The van der Waals surface area contributed by atoms with Crippen LogP contribution in [0.4, 0.5) is 17.2 Å². The molecule has 3 N–H and O–H groups in total. The SMILES string of the molecule is Nc1c(Cl)ncnc1Nc1cccc2cccnc12. The highest BCUT2D eigenvalue weighted by molar-refractivity contribution is 6.32. The summed E-state index contributed by atoms with van der Waals surface area (Å²) in [6.45, 7) is 0. The molecule has 5 nitrogen and oxygen atoms in total. The van der Waals surface area contributed by atoms with Gasteiger partial charge in [0.25, 0.3) is 0 Å². The average molecular weight is 272 g/mol. The summed E-state index contributed by atoms with van der Waals surface area (Å²) in [5.41, 5.74) is 7.82. The van der Waals surface area contributed by atoms with Gasteiger partial charge in [0.1, 0.15) is 12.0 Å². The van der Waals surface area contributed by atoms with Crippen molar-refractivity contribution in [2.24, 2.45) is 0 Å². The minimum Gasteiger partial charge on any atom is -0.393 e. The molecule has 2 heterocycles. The van der Waals surface area contributed by atoms with Gasteiger partial charge in [-0.3, -0.25) is 4.98 Å². The molecule has 94 valence electrons. The van der Waals surface area contributed by atoms with Crippen LogP contribution in [0.15, 0.2) is 42.9 Å². The van der Waals surface area contributed by atoms with E-state index in [2.05, 4.69) is 20.3 Å². The lowest BCUT2D eigenvalue weighted by Crippen LogP contribution is -2.01. The van der Waals surface area contributed by atoms with Crippen molar-refractivity contribution >= 4 is 39.7 Å². The Morgan fingerprint density at radius 2 is 1.89 bits per heavy atom. The van der Waals surface area contributed by atoms with E-state index in [1.54, 1.807) is 6.20 Å². The van der Waals surface area contributed by atoms with E-state index in [1.807, 2.05) is 30.3 Å². The Balaban J connectivity index is 2.09. The van der Waals surface area contributed by atoms with Gasteiger partial charge in [0.05, 0.1) is 11.2 Å². The molecule has 19 heavy (non-hydrogen) atoms. The van der Waals surface area contributed by atoms with E-state index in [9.17, 15) is 0 Å². The Hall–Kier alpha value is -2.40. The van der Waals surface area contributed by atoms with Crippen LogP contribution in [0, 0.1) is 0 Å². The fourth-order valence-electron chi connectivity index (χ4n) is 1.81. The van der Waals surface area contributed by atoms with Crippen LogP contribution in [0.2, 0.25) is 5.15 Å². The lowest BCUT2D eigenvalue weighted by Gasteiger charge is -2.10. The van der Waals surface area contributed by atoms with Crippen molar-refractivity contribution < 1.29 is 0 Å². The van der Waals surface area contributed by atoms with Gasteiger partial charge in [0.2, 0.25) is 0 Å². The van der Waals surface area contributed by atoms with Gasteiger partial charge < -0.3 is 11.1 Å². The zero-order valence-electron chi connectivity index (χ0n) is 9.84. The molecule has 0 aliphatic rings. The fraction of sp³-hybridized carbons (Fsp3) is 0. The maximum absolute atomic E-state index is 5.87. The van der Waals surface area contributed by atoms with Crippen LogP contribution in [0.25, 0.3) is 10.9 Å². The van der Waals surface area contributed by atoms with Crippen LogP contribution < -0.4 is 11.1 Å². The molecule has 3 aromatic rings. The van der Waals surface area contributed by atoms with E-state index in [0.29, 0.717) is 11.5 Å². The molecule has 0 aliphatic heterocycles. The van der Waals surface area contributed by atoms with Crippen LogP contribution in [-0.4, -0.2) is 15.0 Å². The molecule has 0 saturated carbocycles. The van der Waals surface area contributed by atoms with Gasteiger partial charge in [-0.25, -0.2) is 9.97 Å². The number of para-hydroxylation sites is 1. The summed E-state index contributed by atoms with van der Waals surface area (Å²) >= 11 is 5.87. The monoisotopic (exact) mass is 271 g/mol. The van der Waals surface area contributed by atoms with Crippen LogP contribution in [0.3, 0.4) is 0 Å². The highest BCUT2D eigenvalue weighted by Crippen LogP contribution is 2.28. The Labute approximate surface area is 114 Å². The number of hydrogen-bond acceptors (Lipinski definition) is 5. The van der Waals surface area contributed by atoms with Gasteiger partial charge >= 0.3 is 0 Å². The molecule has 3 rings (SSSR count). The van der Waals surface area contributed by atoms with Crippen LogP contribution in [0.1, 0.15) is 0 Å². The maximum atomic E-state index is 5.87. The summed E-state index contributed by atoms with van der Waals surface area (Å²) in [5.74, 6) is 0.471. The summed E-state index contributed by atoms with van der Waals surface area (Å²) < 4.78 is 0. The van der Waals surface area contributed by atoms with Crippen molar-refractivity contribution in [1.82, 2.24) is 15.0 Å². The predicted octanol–water partition coefficient (Wildman–Crippen LogP) is 3.00. The number of pyridine rings is 1. The summed E-state index contributed by atoms with van der Waals surface area (Å²) in [4.78, 5) is 12.2. The number of nitrogens with zero attached hydrogens (tertiary/aromatic N) is 3. The molecule has 1 aromatic carbocycles. The normalized spacial score (nSPS) is 10.6. The quantitative estimate of drug-likeness (QED) is 0.701. The second kappa shape index (κ2) is 4.70. The topological polar surface area (TPSA) is 76.7 Å². The highest BCUT2D eigenvalue weighted by atomic mass is 35.5. The van der Waals surface area contributed by atoms with Gasteiger partial charge in [-0.2, -0.15) is 0 Å². The zero-order valence-corrected chi connectivity index (χ0v) is 10.6. The Bertz CT molecular complexity index is 739. The van der Waals surface area contributed by atoms with Crippen molar-refractivity contribution in [2.45, 2.75) is 0 Å². The van der Waals surface area contributed by atoms with Crippen molar-refractivity contribution in [3.63, 3.8) is 0 Å². The van der Waals surface area contributed by atoms with Gasteiger partial charge in [-0.15, -0.1) is 0 Å². The first-order chi connectivity index (χ1) is 9.25. The Morgan fingerprint density at radius 3 is 2.79 bits per heavy atom. The molecule has 0 amide bonds. The van der Waals surface area contributed by atoms with Gasteiger partial charge in [0, 0.05) is 11.6 Å². The van der Waals surface area contributed by atoms with E-state index in [1.165, 1.54) is 6.33 Å². The molecule has 0 aliphatic carbocycles. The number of hydrogen-bond donors (Lipinski definition) is 2. The fourth-order valence-corrected chi connectivity index (χ4v) is 1.94. The third-order valence-electron chi connectivity index (χ3n) is 2.72. The number of nitrogen functional groups attached to an aromatic ring is 1. The van der Waals surface area contributed by atoms with Crippen LogP contribution >= 0.6 is 11.6 Å². The second-order valence-corrected chi connectivity index (χ2v) is 4.29. The van der Waals surface area contributed by atoms with Crippen molar-refractivity contribution in [3.8, 4) is 0 Å². The summed E-state index contributed by atoms with van der Waals surface area (Å²) in [6.07, 6.45) is 3.10. The van der Waals surface area contributed by atoms with E-state index >= 15 is 0 Å². The third kappa shape index (κ3) is 2.15. The van der Waals surface area contributed by atoms with Crippen molar-refractivity contribution in [1.29, 1.82) is 0 Å². The first-order valence-corrected chi connectivity index (χ1v) is 6.00. The molecule has 0 fully saturated rings. The molecular formula is C13H10ClN5. The van der Waals surface area contributed by atoms with Crippen molar-refractivity contribution in [2.75, 3.05) is 11.1 Å².